The fraction of sp³-hybridized carbons (Fsp3) is 0.355. The molecule has 1 N–H and O–H groups in total. The Morgan fingerprint density at radius 3 is 2.37 bits per heavy atom. The lowest BCUT2D eigenvalue weighted by Crippen LogP contribution is -2.50. The number of aliphatic hydroxyl groups is 1. The van der Waals surface area contributed by atoms with Crippen LogP contribution in [0.2, 0.25) is 0 Å². The van der Waals surface area contributed by atoms with Crippen molar-refractivity contribution >= 4 is 37.6 Å². The third kappa shape index (κ3) is 6.50. The molecule has 3 aromatic carbocycles. The molecule has 2 atom stereocenters. The smallest absolute Gasteiger partial charge is 0.254 e. The van der Waals surface area contributed by atoms with E-state index in [-0.39, 0.29) is 35.5 Å². The van der Waals surface area contributed by atoms with Crippen LogP contribution in [-0.4, -0.2) is 67.8 Å². The van der Waals surface area contributed by atoms with E-state index in [1.54, 1.807) is 47.4 Å². The number of nitrogens with zero attached hydrogens (tertiary/aromatic N) is 2. The fourth-order valence-electron chi connectivity index (χ4n) is 5.22. The van der Waals surface area contributed by atoms with E-state index in [4.69, 9.17) is 19.6 Å². The first-order chi connectivity index (χ1) is 19.8. The molecule has 0 aromatic heterocycles. The Balaban J connectivity index is 1.55. The third-order valence-electron chi connectivity index (χ3n) is 7.43. The van der Waals surface area contributed by atoms with Gasteiger partial charge in [-0.15, -0.1) is 0 Å². The van der Waals surface area contributed by atoms with Crippen molar-refractivity contribution in [2.75, 3.05) is 32.1 Å². The van der Waals surface area contributed by atoms with E-state index in [9.17, 15) is 13.2 Å². The maximum atomic E-state index is 14.3. The van der Waals surface area contributed by atoms with Crippen molar-refractivity contribution in [3.63, 3.8) is 0 Å². The van der Waals surface area contributed by atoms with Crippen molar-refractivity contribution in [1.82, 2.24) is 4.90 Å². The summed E-state index contributed by atoms with van der Waals surface area (Å²) in [6.45, 7) is 1.64. The van der Waals surface area contributed by atoms with Gasteiger partial charge in [-0.1, -0.05) is 46.3 Å². The van der Waals surface area contributed by atoms with Gasteiger partial charge in [0.1, 0.15) is 5.75 Å². The van der Waals surface area contributed by atoms with Crippen LogP contribution in [0.5, 0.6) is 5.75 Å². The van der Waals surface area contributed by atoms with Crippen molar-refractivity contribution in [2.45, 2.75) is 42.2 Å². The second-order valence-corrected chi connectivity index (χ2v) is 13.2. The molecule has 0 aliphatic carbocycles. The predicted molar refractivity (Wildman–Crippen MR) is 160 cm³/mol. The summed E-state index contributed by atoms with van der Waals surface area (Å²) < 4.78 is 39.9. The number of hydrogen-bond donors (Lipinski definition) is 1. The molecule has 3 aromatic rings. The van der Waals surface area contributed by atoms with E-state index in [1.165, 1.54) is 0 Å². The minimum atomic E-state index is -3.69. The monoisotopic (exact) mass is 640 g/mol. The predicted octanol–water partition coefficient (Wildman–Crippen LogP) is 4.95. The van der Waals surface area contributed by atoms with Gasteiger partial charge in [-0.3, -0.25) is 4.79 Å². The molecule has 1 fully saturated rings. The van der Waals surface area contributed by atoms with Crippen molar-refractivity contribution in [1.29, 1.82) is 0 Å². The number of sulfone groups is 1. The van der Waals surface area contributed by atoms with Crippen LogP contribution in [0, 0.1) is 0 Å². The number of amides is 1. The molecule has 0 spiro atoms. The summed E-state index contributed by atoms with van der Waals surface area (Å²) >= 11 is 3.48. The maximum absolute atomic E-state index is 14.3. The lowest BCUT2D eigenvalue weighted by atomic mass is 9.84. The molecule has 216 valence electrons. The zero-order valence-electron chi connectivity index (χ0n) is 22.6. The van der Waals surface area contributed by atoms with Gasteiger partial charge in [-0.05, 0) is 66.9 Å². The maximum Gasteiger partial charge on any atom is 0.254 e. The quantitative estimate of drug-likeness (QED) is 0.297. The normalized spacial score (nSPS) is 20.5. The zero-order valence-corrected chi connectivity index (χ0v) is 25.0. The number of ether oxygens (including phenoxy) is 2. The summed E-state index contributed by atoms with van der Waals surface area (Å²) in [4.78, 5) is 21.3. The molecule has 41 heavy (non-hydrogen) atoms. The molecular weight excluding hydrogens is 608 g/mol. The molecule has 5 rings (SSSR count). The van der Waals surface area contributed by atoms with Gasteiger partial charge >= 0.3 is 0 Å². The Labute approximate surface area is 249 Å². The van der Waals surface area contributed by atoms with Gasteiger partial charge in [-0.25, -0.2) is 13.4 Å². The van der Waals surface area contributed by atoms with Gasteiger partial charge in [0.2, 0.25) is 5.90 Å². The first kappa shape index (κ1) is 29.3. The number of likely N-dealkylation sites (tertiary alicyclic amines) is 1. The fourth-order valence-corrected chi connectivity index (χ4v) is 6.87. The van der Waals surface area contributed by atoms with E-state index in [0.717, 1.165) is 22.9 Å². The first-order valence-corrected chi connectivity index (χ1v) is 16.2. The number of benzene rings is 3. The molecule has 0 unspecified atom stereocenters. The number of rotatable bonds is 11. The molecule has 2 aliphatic rings. The van der Waals surface area contributed by atoms with Crippen LogP contribution in [0.15, 0.2) is 93.2 Å². The summed E-state index contributed by atoms with van der Waals surface area (Å²) in [6, 6.07) is 23.0. The number of aliphatic imine (C=N–C) groups is 1. The minimum absolute atomic E-state index is 0.0356. The van der Waals surface area contributed by atoms with E-state index >= 15 is 0 Å². The molecule has 1 saturated heterocycles. The molecule has 1 amide bonds. The summed E-state index contributed by atoms with van der Waals surface area (Å²) in [5.41, 5.74) is -0.0738. The van der Waals surface area contributed by atoms with Gasteiger partial charge in [0.25, 0.3) is 5.91 Å². The Bertz CT molecular complexity index is 1470. The number of aliphatic hydroxyl groups excluding tert-OH is 1. The topological polar surface area (TPSA) is 106 Å². The molecule has 0 saturated carbocycles. The van der Waals surface area contributed by atoms with Crippen LogP contribution in [0.25, 0.3) is 0 Å². The third-order valence-corrected chi connectivity index (χ3v) is 9.69. The van der Waals surface area contributed by atoms with Crippen LogP contribution in [0.1, 0.15) is 42.9 Å². The standard InChI is InChI=1S/C31H33BrN2O6S/c32-25-13-9-23(10-14-25)28-31(30(36)34-18-4-5-19-34,17-22-41(37,38)27-7-2-1-3-8-27)33-29(40-28)24-11-15-26(16-12-24)39-21-6-20-35/h1-3,7-16,28,35H,4-6,17-22H2/t28-,31-/m1/s1. The molecule has 2 aliphatic heterocycles. The second-order valence-electron chi connectivity index (χ2n) is 10.2. The van der Waals surface area contributed by atoms with E-state index in [1.807, 2.05) is 36.4 Å². The molecular formula is C31H33BrN2O6S. The zero-order chi connectivity index (χ0) is 28.9. The molecule has 8 nitrogen and oxygen atoms in total. The number of halogens is 1. The second kappa shape index (κ2) is 12.8. The van der Waals surface area contributed by atoms with Crippen LogP contribution < -0.4 is 4.74 Å². The Morgan fingerprint density at radius 1 is 1.02 bits per heavy atom. The largest absolute Gasteiger partial charge is 0.494 e. The van der Waals surface area contributed by atoms with Gasteiger partial charge in [0.15, 0.2) is 21.5 Å². The first-order valence-electron chi connectivity index (χ1n) is 13.8. The lowest BCUT2D eigenvalue weighted by molar-refractivity contribution is -0.138. The molecule has 0 bridgehead atoms. The van der Waals surface area contributed by atoms with Crippen molar-refractivity contribution in [3.05, 3.63) is 94.5 Å². The van der Waals surface area contributed by atoms with Gasteiger partial charge < -0.3 is 19.5 Å². The highest BCUT2D eigenvalue weighted by atomic mass is 79.9. The van der Waals surface area contributed by atoms with Gasteiger partial charge in [0, 0.05) is 42.6 Å². The minimum Gasteiger partial charge on any atom is -0.494 e. The number of hydrogen-bond acceptors (Lipinski definition) is 7. The SMILES string of the molecule is O=C(N1CCCC1)[C@]1(CCS(=O)(=O)c2ccccc2)N=C(c2ccc(OCCCO)cc2)O[C@@H]1c1ccc(Br)cc1. The lowest BCUT2D eigenvalue weighted by Gasteiger charge is -2.34. The molecule has 2 heterocycles. The van der Waals surface area contributed by atoms with Crippen LogP contribution >= 0.6 is 15.9 Å². The molecule has 10 heteroatoms. The summed E-state index contributed by atoms with van der Waals surface area (Å²) in [6.07, 6.45) is 1.46. The Morgan fingerprint density at radius 2 is 1.71 bits per heavy atom. The van der Waals surface area contributed by atoms with Gasteiger partial charge in [-0.2, -0.15) is 0 Å². The highest BCUT2D eigenvalue weighted by Gasteiger charge is 2.55. The summed E-state index contributed by atoms with van der Waals surface area (Å²) in [5.74, 6) is 0.440. The van der Waals surface area contributed by atoms with Gasteiger partial charge in [0.05, 0.1) is 17.3 Å². The van der Waals surface area contributed by atoms with Crippen molar-refractivity contribution in [2.24, 2.45) is 4.99 Å². The highest BCUT2D eigenvalue weighted by molar-refractivity contribution is 9.10. The molecule has 0 radical (unpaired) electrons. The van der Waals surface area contributed by atoms with Crippen molar-refractivity contribution < 1.29 is 27.8 Å². The number of carbonyl (C=O) groups excluding carboxylic acids is 1. The van der Waals surface area contributed by atoms with E-state index in [2.05, 4.69) is 15.9 Å². The average molecular weight is 642 g/mol. The summed E-state index contributed by atoms with van der Waals surface area (Å²) in [5, 5.41) is 9.01. The number of carbonyl (C=O) groups is 1. The Kier molecular flexibility index (Phi) is 9.11. The van der Waals surface area contributed by atoms with Crippen LogP contribution in [0.3, 0.4) is 0 Å². The van der Waals surface area contributed by atoms with Crippen molar-refractivity contribution in [3.8, 4) is 5.75 Å². The van der Waals surface area contributed by atoms with Crippen LogP contribution in [0.4, 0.5) is 0 Å². The van der Waals surface area contributed by atoms with Crippen LogP contribution in [-0.2, 0) is 19.4 Å². The average Bonchev–Trinajstić information content (AvgIpc) is 3.67. The van der Waals surface area contributed by atoms with E-state index in [0.29, 0.717) is 37.4 Å². The Hall–Kier alpha value is -3.21. The highest BCUT2D eigenvalue weighted by Crippen LogP contribution is 2.44. The van der Waals surface area contributed by atoms with E-state index < -0.39 is 21.5 Å². The summed E-state index contributed by atoms with van der Waals surface area (Å²) in [7, 11) is -3.69.